The van der Waals surface area contributed by atoms with Crippen molar-refractivity contribution in [3.8, 4) is 17.0 Å². The molecule has 0 aliphatic rings. The van der Waals surface area contributed by atoms with Crippen LogP contribution in [0.2, 0.25) is 0 Å². The summed E-state index contributed by atoms with van der Waals surface area (Å²) in [6.45, 7) is 0. The number of aliphatic carboxylic acids is 1. The van der Waals surface area contributed by atoms with Crippen LogP contribution in [-0.4, -0.2) is 33.3 Å². The van der Waals surface area contributed by atoms with Gasteiger partial charge in [-0.1, -0.05) is 78.0 Å². The molecule has 0 aliphatic carbocycles. The van der Waals surface area contributed by atoms with Crippen molar-refractivity contribution in [2.45, 2.75) is 12.5 Å². The highest BCUT2D eigenvalue weighted by Gasteiger charge is 2.18. The minimum Gasteiger partial charge on any atom is -0.480 e. The fraction of sp³-hybridized carbons (Fsp3) is 0.0769. The molecule has 0 radical (unpaired) electrons. The number of carbonyl (C=O) groups is 1. The van der Waals surface area contributed by atoms with Gasteiger partial charge in [-0.15, -0.1) is 0 Å². The van der Waals surface area contributed by atoms with Gasteiger partial charge >= 0.3 is 5.97 Å². The molecular formula is C26H22N4O3. The second kappa shape index (κ2) is 10.7. The Morgan fingerprint density at radius 3 is 2.36 bits per heavy atom. The van der Waals surface area contributed by atoms with Gasteiger partial charge in [0.2, 0.25) is 0 Å². The Morgan fingerprint density at radius 2 is 1.67 bits per heavy atom. The average Bonchev–Trinajstić information content (AvgIpc) is 2.85. The third kappa shape index (κ3) is 6.24. The largest absolute Gasteiger partial charge is 0.480 e. The lowest BCUT2D eigenvalue weighted by atomic mass is 10.1. The number of rotatable bonds is 9. The van der Waals surface area contributed by atoms with Gasteiger partial charge in [-0.2, -0.15) is 0 Å². The van der Waals surface area contributed by atoms with Crippen molar-refractivity contribution in [3.63, 3.8) is 0 Å². The molecule has 0 saturated heterocycles. The fourth-order valence-electron chi connectivity index (χ4n) is 3.19. The standard InChI is InChI=1S/C26H22N4O3/c31-26(32)24(15-19-7-3-1-4-8-19)30-25-16-23(27-18-28-25)21-13-11-20(12-14-21)17-29-33-22-9-5-2-6-10-22/h1-14,16-18,24H,15H2,(H,31,32)(H,27,28,30)/t24-/m0/s1. The van der Waals surface area contributed by atoms with Gasteiger partial charge in [-0.25, -0.2) is 14.8 Å². The predicted octanol–water partition coefficient (Wildman–Crippen LogP) is 4.66. The highest BCUT2D eigenvalue weighted by Crippen LogP contribution is 2.20. The van der Waals surface area contributed by atoms with Crippen LogP contribution in [0, 0.1) is 0 Å². The van der Waals surface area contributed by atoms with Crippen LogP contribution in [0.5, 0.6) is 5.75 Å². The third-order valence-electron chi connectivity index (χ3n) is 4.88. The van der Waals surface area contributed by atoms with Gasteiger partial charge in [-0.3, -0.25) is 0 Å². The summed E-state index contributed by atoms with van der Waals surface area (Å²) >= 11 is 0. The average molecular weight is 438 g/mol. The first-order chi connectivity index (χ1) is 16.2. The molecule has 0 spiro atoms. The van der Waals surface area contributed by atoms with Crippen molar-refractivity contribution >= 4 is 18.0 Å². The summed E-state index contributed by atoms with van der Waals surface area (Å²) in [4.78, 5) is 25.6. The maximum atomic E-state index is 11.7. The molecule has 0 aliphatic heterocycles. The van der Waals surface area contributed by atoms with Crippen molar-refractivity contribution in [1.82, 2.24) is 9.97 Å². The zero-order chi connectivity index (χ0) is 22.9. The van der Waals surface area contributed by atoms with Crippen molar-refractivity contribution in [3.05, 3.63) is 108 Å². The van der Waals surface area contributed by atoms with E-state index in [1.807, 2.05) is 84.9 Å². The number of nitrogens with one attached hydrogen (secondary N) is 1. The van der Waals surface area contributed by atoms with Crippen LogP contribution in [-0.2, 0) is 11.2 Å². The van der Waals surface area contributed by atoms with E-state index < -0.39 is 12.0 Å². The highest BCUT2D eigenvalue weighted by atomic mass is 16.6. The number of benzene rings is 3. The highest BCUT2D eigenvalue weighted by molar-refractivity contribution is 5.81. The zero-order valence-electron chi connectivity index (χ0n) is 17.7. The molecule has 7 nitrogen and oxygen atoms in total. The topological polar surface area (TPSA) is 96.7 Å². The Morgan fingerprint density at radius 1 is 0.970 bits per heavy atom. The molecular weight excluding hydrogens is 416 g/mol. The summed E-state index contributed by atoms with van der Waals surface area (Å²) in [5.74, 6) is 0.170. The summed E-state index contributed by atoms with van der Waals surface area (Å²) in [7, 11) is 0. The number of hydrogen-bond acceptors (Lipinski definition) is 6. The van der Waals surface area contributed by atoms with E-state index in [0.717, 1.165) is 16.7 Å². The lowest BCUT2D eigenvalue weighted by Crippen LogP contribution is -2.31. The summed E-state index contributed by atoms with van der Waals surface area (Å²) in [6, 6.07) is 27.4. The molecule has 0 saturated carbocycles. The summed E-state index contributed by atoms with van der Waals surface area (Å²) in [5, 5.41) is 16.6. The van der Waals surface area contributed by atoms with Gasteiger partial charge < -0.3 is 15.3 Å². The molecule has 0 fully saturated rings. The second-order valence-electron chi connectivity index (χ2n) is 7.27. The first-order valence-electron chi connectivity index (χ1n) is 10.4. The van der Waals surface area contributed by atoms with Crippen LogP contribution in [0.4, 0.5) is 5.82 Å². The summed E-state index contributed by atoms with van der Waals surface area (Å²) in [6.07, 6.45) is 3.39. The molecule has 1 aromatic heterocycles. The van der Waals surface area contributed by atoms with Gasteiger partial charge in [0.05, 0.1) is 11.9 Å². The van der Waals surface area contributed by atoms with Gasteiger partial charge in [-0.05, 0) is 23.3 Å². The Balaban J connectivity index is 1.43. The lowest BCUT2D eigenvalue weighted by molar-refractivity contribution is -0.137. The number of anilines is 1. The van der Waals surface area contributed by atoms with Gasteiger partial charge in [0.25, 0.3) is 0 Å². The Bertz CT molecular complexity index is 1210. The van der Waals surface area contributed by atoms with Gasteiger partial charge in [0.1, 0.15) is 18.2 Å². The molecule has 7 heteroatoms. The number of carboxylic acid groups (broad SMARTS) is 1. The molecule has 0 unspecified atom stereocenters. The molecule has 4 aromatic rings. The van der Waals surface area contributed by atoms with Crippen molar-refractivity contribution < 1.29 is 14.7 Å². The summed E-state index contributed by atoms with van der Waals surface area (Å²) in [5.41, 5.74) is 3.35. The molecule has 0 bridgehead atoms. The SMILES string of the molecule is O=C(O)[C@H](Cc1ccccc1)Nc1cc(-c2ccc(C=NOc3ccccc3)cc2)ncn1. The van der Waals surface area contributed by atoms with Crippen LogP contribution >= 0.6 is 0 Å². The van der Waals surface area contributed by atoms with Crippen molar-refractivity contribution in [1.29, 1.82) is 0 Å². The van der Waals surface area contributed by atoms with E-state index in [1.165, 1.54) is 6.33 Å². The fourth-order valence-corrected chi connectivity index (χ4v) is 3.19. The number of carboxylic acids is 1. The number of nitrogens with zero attached hydrogens (tertiary/aromatic N) is 3. The van der Waals surface area contributed by atoms with Gasteiger partial charge in [0, 0.05) is 18.1 Å². The van der Waals surface area contributed by atoms with Gasteiger partial charge in [0.15, 0.2) is 5.75 Å². The maximum absolute atomic E-state index is 11.7. The van der Waals surface area contributed by atoms with Crippen molar-refractivity contribution in [2.75, 3.05) is 5.32 Å². The monoisotopic (exact) mass is 438 g/mol. The Hall–Kier alpha value is -4.52. The predicted molar refractivity (Wildman–Crippen MR) is 127 cm³/mol. The maximum Gasteiger partial charge on any atom is 0.326 e. The number of hydrogen-bond donors (Lipinski definition) is 2. The van der Waals surface area contributed by atoms with E-state index in [1.54, 1.807) is 12.3 Å². The molecule has 164 valence electrons. The summed E-state index contributed by atoms with van der Waals surface area (Å²) < 4.78 is 0. The smallest absolute Gasteiger partial charge is 0.326 e. The van der Waals surface area contributed by atoms with E-state index in [4.69, 9.17) is 4.84 Å². The number of aromatic nitrogens is 2. The van der Waals surface area contributed by atoms with Crippen LogP contribution in [0.15, 0.2) is 102 Å². The first-order valence-corrected chi connectivity index (χ1v) is 10.4. The van der Waals surface area contributed by atoms with Crippen molar-refractivity contribution in [2.24, 2.45) is 5.16 Å². The van der Waals surface area contributed by atoms with E-state index >= 15 is 0 Å². The molecule has 1 heterocycles. The van der Waals surface area contributed by atoms with Crippen LogP contribution in [0.25, 0.3) is 11.3 Å². The Labute approximate surface area is 191 Å². The normalized spacial score (nSPS) is 11.8. The molecule has 2 N–H and O–H groups in total. The van der Waals surface area contributed by atoms with Crippen LogP contribution in [0.3, 0.4) is 0 Å². The second-order valence-corrected chi connectivity index (χ2v) is 7.27. The molecule has 3 aromatic carbocycles. The quantitative estimate of drug-likeness (QED) is 0.291. The lowest BCUT2D eigenvalue weighted by Gasteiger charge is -2.15. The minimum absolute atomic E-state index is 0.342. The van der Waals surface area contributed by atoms with E-state index in [0.29, 0.717) is 23.7 Å². The van der Waals surface area contributed by atoms with E-state index in [2.05, 4.69) is 20.4 Å². The van der Waals surface area contributed by atoms with Crippen LogP contribution < -0.4 is 10.2 Å². The van der Waals surface area contributed by atoms with Crippen LogP contribution in [0.1, 0.15) is 11.1 Å². The van der Waals surface area contributed by atoms with E-state index in [-0.39, 0.29) is 0 Å². The number of oxime groups is 1. The molecule has 4 rings (SSSR count). The number of para-hydroxylation sites is 1. The third-order valence-corrected chi connectivity index (χ3v) is 4.88. The molecule has 33 heavy (non-hydrogen) atoms. The minimum atomic E-state index is -0.944. The van der Waals surface area contributed by atoms with E-state index in [9.17, 15) is 9.90 Å². The molecule has 0 amide bonds. The molecule has 1 atom stereocenters. The Kier molecular flexibility index (Phi) is 7.02. The first kappa shape index (κ1) is 21.7. The zero-order valence-corrected chi connectivity index (χ0v) is 17.7.